The molecule has 16 rings (SSSR count). The normalized spacial score (nSPS) is 14.5. The van der Waals surface area contributed by atoms with E-state index in [1.165, 1.54) is 132 Å². The number of rotatable bonds is 4. The van der Waals surface area contributed by atoms with E-state index in [0.717, 1.165) is 11.4 Å². The number of para-hydroxylation sites is 6. The lowest BCUT2D eigenvalue weighted by atomic mass is 9.73. The summed E-state index contributed by atoms with van der Waals surface area (Å²) in [7, 11) is 0. The molecule has 0 N–H and O–H groups in total. The predicted octanol–water partition coefficient (Wildman–Crippen LogP) is 19.6. The zero-order valence-corrected chi connectivity index (χ0v) is 42.9. The van der Waals surface area contributed by atoms with Crippen LogP contribution in [0.3, 0.4) is 0 Å². The van der Waals surface area contributed by atoms with Crippen molar-refractivity contribution in [2.45, 2.75) is 38.5 Å². The fraction of sp³-hybridized carbons (Fsp3) is 0.0833. The number of hydrogen-bond acceptors (Lipinski definition) is 2. The maximum Gasteiger partial charge on any atom is 0.0541 e. The molecule has 4 heterocycles. The smallest absolute Gasteiger partial charge is 0.0541 e. The Balaban J connectivity index is 0.902. The van der Waals surface area contributed by atoms with E-state index in [1.54, 1.807) is 0 Å². The van der Waals surface area contributed by atoms with Crippen molar-refractivity contribution in [3.8, 4) is 11.4 Å². The molecule has 0 aliphatic carbocycles. The number of anilines is 6. The highest BCUT2D eigenvalue weighted by Gasteiger charge is 2.39. The van der Waals surface area contributed by atoms with Crippen LogP contribution < -0.4 is 9.80 Å². The highest BCUT2D eigenvalue weighted by molar-refractivity contribution is 6.26. The summed E-state index contributed by atoms with van der Waals surface area (Å²) in [4.78, 5) is 5.04. The summed E-state index contributed by atoms with van der Waals surface area (Å²) in [5, 5.41) is 12.5. The van der Waals surface area contributed by atoms with Gasteiger partial charge >= 0.3 is 0 Å². The second-order valence-corrected chi connectivity index (χ2v) is 22.1. The average Bonchev–Trinajstić information content (AvgIpc) is 4.07. The molecule has 0 fully saturated rings. The first-order valence-corrected chi connectivity index (χ1v) is 26.7. The van der Waals surface area contributed by atoms with E-state index in [0.29, 0.717) is 0 Å². The molecule has 12 aromatic carbocycles. The standard InChI is InChI=1S/C72H52N4/c1-71(2)59-25-11-17-31-67(59)75(69-39-35-47(43-61(69)71)73-63-27-13-7-21-53(63)54-22-8-14-28-64(54)73)45-33-37-51-49-19-5-6-20-50(49)52-38-34-46(42-58(52)57(51)41-45)76-68-32-18-12-26-60(68)72(3,4)62-44-48(36-40-70(62)76)74-65-29-15-9-23-55(65)56-24-10-16-30-66(56)74/h5-44H,1-4H3. The Labute approximate surface area is 441 Å². The Kier molecular flexibility index (Phi) is 8.83. The van der Waals surface area contributed by atoms with Crippen LogP contribution in [0.2, 0.25) is 0 Å². The molecule has 2 aromatic heterocycles. The van der Waals surface area contributed by atoms with E-state index < -0.39 is 0 Å². The Hall–Kier alpha value is -9.38. The van der Waals surface area contributed by atoms with Crippen LogP contribution in [0, 0.1) is 0 Å². The summed E-state index contributed by atoms with van der Waals surface area (Å²) < 4.78 is 4.89. The molecule has 0 bridgehead atoms. The van der Waals surface area contributed by atoms with Gasteiger partial charge in [0.1, 0.15) is 0 Å². The van der Waals surface area contributed by atoms with E-state index in [2.05, 4.69) is 289 Å². The third kappa shape index (κ3) is 5.84. The summed E-state index contributed by atoms with van der Waals surface area (Å²) in [6.45, 7) is 9.57. The van der Waals surface area contributed by atoms with Gasteiger partial charge in [-0.05, 0) is 152 Å². The monoisotopic (exact) mass is 972 g/mol. The van der Waals surface area contributed by atoms with E-state index in [9.17, 15) is 0 Å². The van der Waals surface area contributed by atoms with Gasteiger partial charge in [0, 0.05) is 55.1 Å². The van der Waals surface area contributed by atoms with Crippen molar-refractivity contribution in [1.29, 1.82) is 0 Å². The minimum Gasteiger partial charge on any atom is -0.310 e. The average molecular weight is 973 g/mol. The zero-order chi connectivity index (χ0) is 50.6. The number of nitrogens with zero attached hydrogens (tertiary/aromatic N) is 4. The molecule has 14 aromatic rings. The fourth-order valence-corrected chi connectivity index (χ4v) is 13.8. The van der Waals surface area contributed by atoms with Gasteiger partial charge in [-0.2, -0.15) is 0 Å². The van der Waals surface area contributed by atoms with Crippen molar-refractivity contribution >= 4 is 110 Å². The minimum atomic E-state index is -0.272. The third-order valence-corrected chi connectivity index (χ3v) is 17.4. The number of aromatic nitrogens is 2. The lowest BCUT2D eigenvalue weighted by molar-refractivity contribution is 0.631. The van der Waals surface area contributed by atoms with Gasteiger partial charge < -0.3 is 18.9 Å². The van der Waals surface area contributed by atoms with Gasteiger partial charge in [-0.15, -0.1) is 0 Å². The van der Waals surface area contributed by atoms with Crippen LogP contribution in [-0.2, 0) is 10.8 Å². The summed E-state index contributed by atoms with van der Waals surface area (Å²) in [5.41, 5.74) is 18.9. The Morgan fingerprint density at radius 3 is 0.895 bits per heavy atom. The fourth-order valence-electron chi connectivity index (χ4n) is 13.8. The third-order valence-electron chi connectivity index (χ3n) is 17.4. The molecule has 2 aliphatic heterocycles. The van der Waals surface area contributed by atoms with Crippen molar-refractivity contribution in [3.05, 3.63) is 265 Å². The van der Waals surface area contributed by atoms with Crippen LogP contribution in [0.1, 0.15) is 49.9 Å². The van der Waals surface area contributed by atoms with Gasteiger partial charge in [0.15, 0.2) is 0 Å². The largest absolute Gasteiger partial charge is 0.310 e. The van der Waals surface area contributed by atoms with Crippen molar-refractivity contribution in [3.63, 3.8) is 0 Å². The number of fused-ring (bicyclic) bond motifs is 16. The molecule has 76 heavy (non-hydrogen) atoms. The maximum atomic E-state index is 2.52. The second-order valence-electron chi connectivity index (χ2n) is 22.1. The van der Waals surface area contributed by atoms with Gasteiger partial charge in [-0.1, -0.05) is 173 Å². The van der Waals surface area contributed by atoms with Crippen LogP contribution >= 0.6 is 0 Å². The first kappa shape index (κ1) is 43.1. The number of benzene rings is 12. The summed E-state index contributed by atoms with van der Waals surface area (Å²) >= 11 is 0. The molecule has 0 amide bonds. The van der Waals surface area contributed by atoms with E-state index in [1.807, 2.05) is 0 Å². The lowest BCUT2D eigenvalue weighted by Crippen LogP contribution is -2.30. The van der Waals surface area contributed by atoms with Crippen molar-refractivity contribution < 1.29 is 0 Å². The first-order chi connectivity index (χ1) is 37.2. The quantitative estimate of drug-likeness (QED) is 0.163. The molecule has 0 unspecified atom stereocenters. The van der Waals surface area contributed by atoms with Crippen LogP contribution in [0.4, 0.5) is 34.1 Å². The van der Waals surface area contributed by atoms with Gasteiger partial charge in [0.05, 0.1) is 44.8 Å². The van der Waals surface area contributed by atoms with Gasteiger partial charge in [0.2, 0.25) is 0 Å². The van der Waals surface area contributed by atoms with Gasteiger partial charge in [-0.3, -0.25) is 0 Å². The summed E-state index contributed by atoms with van der Waals surface area (Å²) in [6, 6.07) is 90.9. The number of hydrogen-bond donors (Lipinski definition) is 0. The van der Waals surface area contributed by atoms with E-state index in [-0.39, 0.29) is 10.8 Å². The van der Waals surface area contributed by atoms with Crippen LogP contribution in [-0.4, -0.2) is 9.13 Å². The molecule has 0 radical (unpaired) electrons. The molecular formula is C72H52N4. The molecule has 360 valence electrons. The zero-order valence-electron chi connectivity index (χ0n) is 42.9. The Bertz CT molecular complexity index is 4380. The maximum absolute atomic E-state index is 2.52. The summed E-state index contributed by atoms with van der Waals surface area (Å²) in [5.74, 6) is 0. The van der Waals surface area contributed by atoms with Crippen molar-refractivity contribution in [2.24, 2.45) is 0 Å². The molecule has 4 nitrogen and oxygen atoms in total. The molecule has 4 heteroatoms. The van der Waals surface area contributed by atoms with Crippen molar-refractivity contribution in [2.75, 3.05) is 9.80 Å². The van der Waals surface area contributed by atoms with Crippen LogP contribution in [0.15, 0.2) is 243 Å². The Morgan fingerprint density at radius 2 is 0.513 bits per heavy atom. The molecular weight excluding hydrogens is 921 g/mol. The minimum absolute atomic E-state index is 0.272. The highest BCUT2D eigenvalue weighted by atomic mass is 15.2. The molecule has 0 atom stereocenters. The van der Waals surface area contributed by atoms with Gasteiger partial charge in [-0.25, -0.2) is 0 Å². The SMILES string of the molecule is CC1(C)c2ccccc2N(c2ccc3c4ccccc4c4ccc(N5c6ccccc6C(C)(C)c6cc(-n7c8ccccc8c8ccccc87)ccc65)cc4c3c2)c2ccc(-n3c4ccccc4c4ccccc43)cc21. The molecule has 0 saturated heterocycles. The second kappa shape index (κ2) is 15.6. The molecule has 0 saturated carbocycles. The lowest BCUT2D eigenvalue weighted by Gasteiger charge is -2.42. The predicted molar refractivity (Wildman–Crippen MR) is 321 cm³/mol. The molecule has 2 aliphatic rings. The summed E-state index contributed by atoms with van der Waals surface area (Å²) in [6.07, 6.45) is 0. The van der Waals surface area contributed by atoms with Crippen molar-refractivity contribution in [1.82, 2.24) is 9.13 Å². The van der Waals surface area contributed by atoms with Gasteiger partial charge in [0.25, 0.3) is 0 Å². The van der Waals surface area contributed by atoms with E-state index in [4.69, 9.17) is 0 Å². The van der Waals surface area contributed by atoms with E-state index >= 15 is 0 Å². The van der Waals surface area contributed by atoms with Crippen LogP contribution in [0.25, 0.3) is 87.3 Å². The Morgan fingerprint density at radius 1 is 0.224 bits per heavy atom. The topological polar surface area (TPSA) is 16.3 Å². The molecule has 0 spiro atoms. The highest BCUT2D eigenvalue weighted by Crippen LogP contribution is 2.56. The first-order valence-electron chi connectivity index (χ1n) is 26.7. The van der Waals surface area contributed by atoms with Crippen LogP contribution in [0.5, 0.6) is 0 Å².